The molecule has 0 spiro atoms. The first-order valence-corrected chi connectivity index (χ1v) is 29.1. The molecule has 0 saturated heterocycles. The van der Waals surface area contributed by atoms with Crippen molar-refractivity contribution in [2.75, 3.05) is 47.5 Å². The second-order valence-corrected chi connectivity index (χ2v) is 20.3. The highest BCUT2D eigenvalue weighted by atomic mass is 31.2. The summed E-state index contributed by atoms with van der Waals surface area (Å²) in [5, 5.41) is 0. The van der Waals surface area contributed by atoms with Gasteiger partial charge in [0.25, 0.3) is 0 Å². The molecule has 0 aromatic heterocycles. The third-order valence-electron chi connectivity index (χ3n) is 10.9. The van der Waals surface area contributed by atoms with Crippen molar-refractivity contribution >= 4 is 19.8 Å². The summed E-state index contributed by atoms with van der Waals surface area (Å²) < 4.78 is 34.5. The summed E-state index contributed by atoms with van der Waals surface area (Å²) in [5.74, 6) is -0.863. The highest BCUT2D eigenvalue weighted by Crippen LogP contribution is 2.43. The highest BCUT2D eigenvalue weighted by Gasteiger charge is 2.27. The maximum absolute atomic E-state index is 12.8. The Morgan fingerprint density at radius 2 is 0.750 bits per heavy atom. The Kier molecular flexibility index (Phi) is 48.8. The van der Waals surface area contributed by atoms with E-state index in [-0.39, 0.29) is 26.1 Å². The number of phosphoric ester groups is 1. The van der Waals surface area contributed by atoms with E-state index in [0.717, 1.165) is 122 Å². The smallest absolute Gasteiger partial charge is 0.462 e. The fourth-order valence-corrected chi connectivity index (χ4v) is 7.41. The molecule has 9 nitrogen and oxygen atoms in total. The van der Waals surface area contributed by atoms with E-state index >= 15 is 0 Å². The summed E-state index contributed by atoms with van der Waals surface area (Å²) in [6.07, 6.45) is 76.2. The van der Waals surface area contributed by atoms with E-state index in [1.54, 1.807) is 0 Å². The number of carbonyl (C=O) groups excluding carboxylic acids is 2. The molecule has 0 aromatic carbocycles. The maximum Gasteiger partial charge on any atom is 0.472 e. The molecule has 0 aliphatic heterocycles. The highest BCUT2D eigenvalue weighted by molar-refractivity contribution is 7.47. The van der Waals surface area contributed by atoms with E-state index in [2.05, 4.69) is 160 Å². The Labute approximate surface area is 440 Å². The molecule has 0 fully saturated rings. The van der Waals surface area contributed by atoms with Crippen molar-refractivity contribution < 1.29 is 42.1 Å². The predicted octanol–water partition coefficient (Wildman–Crippen LogP) is 17.1. The monoisotopic (exact) mass is 1020 g/mol. The summed E-state index contributed by atoms with van der Waals surface area (Å²) in [7, 11) is 1.42. The van der Waals surface area contributed by atoms with Crippen LogP contribution in [0.15, 0.2) is 146 Å². The summed E-state index contributed by atoms with van der Waals surface area (Å²) in [5.41, 5.74) is 0. The van der Waals surface area contributed by atoms with Crippen molar-refractivity contribution in [2.45, 2.75) is 187 Å². The number of hydrogen-bond donors (Lipinski definition) is 1. The lowest BCUT2D eigenvalue weighted by atomic mass is 10.1. The average molecular weight is 1020 g/mol. The van der Waals surface area contributed by atoms with Crippen LogP contribution in [0.4, 0.5) is 0 Å². The summed E-state index contributed by atoms with van der Waals surface area (Å²) in [6, 6.07) is 0. The second-order valence-electron chi connectivity index (χ2n) is 18.8. The fraction of sp³-hybridized carbons (Fsp3) is 0.581. The van der Waals surface area contributed by atoms with Gasteiger partial charge in [0.2, 0.25) is 0 Å². The van der Waals surface area contributed by atoms with E-state index in [9.17, 15) is 19.0 Å². The van der Waals surface area contributed by atoms with Gasteiger partial charge in [-0.3, -0.25) is 18.6 Å². The molecule has 0 saturated carbocycles. The van der Waals surface area contributed by atoms with Gasteiger partial charge in [-0.05, 0) is 116 Å². The van der Waals surface area contributed by atoms with Crippen molar-refractivity contribution in [3.05, 3.63) is 146 Å². The van der Waals surface area contributed by atoms with E-state index in [0.29, 0.717) is 23.9 Å². The van der Waals surface area contributed by atoms with Gasteiger partial charge in [0, 0.05) is 12.8 Å². The van der Waals surface area contributed by atoms with Crippen LogP contribution in [0.5, 0.6) is 0 Å². The normalized spacial score (nSPS) is 14.5. The van der Waals surface area contributed by atoms with Crippen LogP contribution >= 0.6 is 7.82 Å². The molecule has 0 aromatic rings. The van der Waals surface area contributed by atoms with Gasteiger partial charge in [0.15, 0.2) is 6.10 Å². The van der Waals surface area contributed by atoms with E-state index < -0.39 is 32.5 Å². The van der Waals surface area contributed by atoms with Gasteiger partial charge in [0.05, 0.1) is 27.7 Å². The van der Waals surface area contributed by atoms with Crippen molar-refractivity contribution in [3.8, 4) is 0 Å². The van der Waals surface area contributed by atoms with E-state index in [1.165, 1.54) is 19.3 Å². The van der Waals surface area contributed by atoms with Crippen LogP contribution < -0.4 is 0 Å². The van der Waals surface area contributed by atoms with Gasteiger partial charge in [-0.15, -0.1) is 0 Å². The Morgan fingerprint density at radius 1 is 0.431 bits per heavy atom. The Morgan fingerprint density at radius 3 is 1.12 bits per heavy atom. The minimum absolute atomic E-state index is 0.0134. The first-order chi connectivity index (χ1) is 35.0. The SMILES string of the molecule is CC/C=C\C/C=C\C/C=C\C/C=C\C/C=C\C/C=C\C/C=C\CCCCCC(=O)OC(COC(=O)CCCCCCCCC/C=C\C/C=C\C/C=C\C/C=C\C/C=C\CC)COP(=O)(O)OCC[N+](C)(C)C. The molecule has 72 heavy (non-hydrogen) atoms. The number of likely N-dealkylation sites (N-methyl/N-ethyl adjacent to an activating group) is 1. The average Bonchev–Trinajstić information content (AvgIpc) is 3.34. The molecule has 10 heteroatoms. The number of ether oxygens (including phenoxy) is 2. The quantitative estimate of drug-likeness (QED) is 0.0211. The molecule has 2 unspecified atom stereocenters. The molecule has 1 N–H and O–H groups in total. The minimum atomic E-state index is -4.41. The van der Waals surface area contributed by atoms with Gasteiger partial charge < -0.3 is 18.9 Å². The number of allylic oxidation sites excluding steroid dienone is 24. The molecule has 406 valence electrons. The first-order valence-electron chi connectivity index (χ1n) is 27.6. The van der Waals surface area contributed by atoms with Crippen LogP contribution in [-0.4, -0.2) is 74.9 Å². The third-order valence-corrected chi connectivity index (χ3v) is 11.8. The maximum atomic E-state index is 12.8. The number of phosphoric acid groups is 1. The fourth-order valence-electron chi connectivity index (χ4n) is 6.67. The van der Waals surface area contributed by atoms with Gasteiger partial charge >= 0.3 is 19.8 Å². The van der Waals surface area contributed by atoms with Crippen LogP contribution in [0.2, 0.25) is 0 Å². The Hall–Kier alpha value is -4.11. The molecule has 0 aliphatic rings. The van der Waals surface area contributed by atoms with Crippen LogP contribution in [0.25, 0.3) is 0 Å². The third kappa shape index (κ3) is 55.2. The summed E-state index contributed by atoms with van der Waals surface area (Å²) in [6.45, 7) is 4.12. The van der Waals surface area contributed by atoms with E-state index in [1.807, 2.05) is 21.1 Å². The Bertz CT molecular complexity index is 1720. The second kappa shape index (κ2) is 51.8. The molecule has 0 radical (unpaired) electrons. The first kappa shape index (κ1) is 67.9. The van der Waals surface area contributed by atoms with Crippen LogP contribution in [0.1, 0.15) is 181 Å². The van der Waals surface area contributed by atoms with Crippen molar-refractivity contribution in [2.24, 2.45) is 0 Å². The van der Waals surface area contributed by atoms with Gasteiger partial charge in [-0.1, -0.05) is 198 Å². The lowest BCUT2D eigenvalue weighted by Crippen LogP contribution is -2.37. The minimum Gasteiger partial charge on any atom is -0.462 e. The zero-order valence-electron chi connectivity index (χ0n) is 45.8. The molecule has 0 bridgehead atoms. The lowest BCUT2D eigenvalue weighted by Gasteiger charge is -2.24. The molecule has 0 heterocycles. The number of unbranched alkanes of at least 4 members (excludes halogenated alkanes) is 10. The van der Waals surface area contributed by atoms with Gasteiger partial charge in [0.1, 0.15) is 19.8 Å². The van der Waals surface area contributed by atoms with Crippen molar-refractivity contribution in [1.29, 1.82) is 0 Å². The summed E-state index contributed by atoms with van der Waals surface area (Å²) in [4.78, 5) is 35.7. The number of rotatable bonds is 48. The number of nitrogens with zero attached hydrogens (tertiary/aromatic N) is 1. The zero-order valence-corrected chi connectivity index (χ0v) is 46.7. The number of carbonyl (C=O) groups is 2. The molecule has 2 atom stereocenters. The van der Waals surface area contributed by atoms with Crippen molar-refractivity contribution in [1.82, 2.24) is 0 Å². The zero-order chi connectivity index (χ0) is 52.7. The predicted molar refractivity (Wildman–Crippen MR) is 307 cm³/mol. The van der Waals surface area contributed by atoms with Gasteiger partial charge in [-0.25, -0.2) is 4.57 Å². The lowest BCUT2D eigenvalue weighted by molar-refractivity contribution is -0.870. The standard InChI is InChI=1S/C62H100NO8P/c1-6-8-10-12-14-16-18-20-22-24-26-28-30-31-33-35-37-39-41-43-45-47-49-51-53-55-62(65)71-60(59-70-72(66,67)69-57-56-63(3,4)5)58-68-61(64)54-52-50-48-46-44-42-40-38-36-34-32-29-27-25-23-21-19-17-15-13-11-9-7-2/h8-11,14-17,20-23,26-29,31,33-34,36-37,39,43,45,60H,6-7,12-13,18-19,24-25,30,32,35,38,40-42,44,46-59H2,1-5H3/p+1/b10-8-,11-9-,16-14-,17-15-,22-20-,23-21-,28-26-,29-27-,33-31-,36-34-,39-37-,45-43-. The summed E-state index contributed by atoms with van der Waals surface area (Å²) >= 11 is 0. The van der Waals surface area contributed by atoms with Crippen LogP contribution in [0.3, 0.4) is 0 Å². The number of hydrogen-bond acceptors (Lipinski definition) is 7. The molecule has 0 rings (SSSR count). The van der Waals surface area contributed by atoms with Gasteiger partial charge in [-0.2, -0.15) is 0 Å². The number of esters is 2. The van der Waals surface area contributed by atoms with Crippen molar-refractivity contribution in [3.63, 3.8) is 0 Å². The molecular formula is C62H101NO8P+. The van der Waals surface area contributed by atoms with E-state index in [4.69, 9.17) is 18.5 Å². The number of quaternary nitrogens is 1. The Balaban J connectivity index is 4.36. The molecule has 0 aliphatic carbocycles. The van der Waals surface area contributed by atoms with Crippen LogP contribution in [-0.2, 0) is 32.7 Å². The molecule has 0 amide bonds. The van der Waals surface area contributed by atoms with Crippen LogP contribution in [0, 0.1) is 0 Å². The molecular weight excluding hydrogens is 918 g/mol. The topological polar surface area (TPSA) is 108 Å². The largest absolute Gasteiger partial charge is 0.472 e.